The van der Waals surface area contributed by atoms with Gasteiger partial charge >= 0.3 is 0 Å². The van der Waals surface area contributed by atoms with Gasteiger partial charge in [-0.3, -0.25) is 11.3 Å². The van der Waals surface area contributed by atoms with E-state index in [-0.39, 0.29) is 11.1 Å². The first-order valence-electron chi connectivity index (χ1n) is 5.76. The Morgan fingerprint density at radius 3 is 2.53 bits per heavy atom. The van der Waals surface area contributed by atoms with Crippen LogP contribution in [0, 0.1) is 5.82 Å². The number of rotatable bonds is 4. The molecule has 19 heavy (non-hydrogen) atoms. The van der Waals surface area contributed by atoms with Crippen molar-refractivity contribution in [2.75, 3.05) is 0 Å². The van der Waals surface area contributed by atoms with E-state index in [9.17, 15) is 4.39 Å². The van der Waals surface area contributed by atoms with Gasteiger partial charge in [0.1, 0.15) is 5.82 Å². The number of nitrogens with one attached hydrogen (secondary N) is 1. The monoisotopic (exact) mass is 342 g/mol. The molecular weight excluding hydrogens is 331 g/mol. The fourth-order valence-corrected chi connectivity index (χ4v) is 2.36. The average Bonchev–Trinajstić information content (AvgIpc) is 2.42. The van der Waals surface area contributed by atoms with Gasteiger partial charge in [0.25, 0.3) is 0 Å². The van der Waals surface area contributed by atoms with Gasteiger partial charge in [0.05, 0.1) is 11.1 Å². The second-order valence-corrected chi connectivity index (χ2v) is 5.48. The lowest BCUT2D eigenvalue weighted by Gasteiger charge is -2.17. The van der Waals surface area contributed by atoms with E-state index >= 15 is 0 Å². The number of benzene rings is 2. The summed E-state index contributed by atoms with van der Waals surface area (Å²) in [6.45, 7) is 0. The smallest absolute Gasteiger partial charge is 0.142 e. The molecular formula is C14H13BrClFN2. The zero-order chi connectivity index (χ0) is 13.8. The third-order valence-corrected chi connectivity index (χ3v) is 3.88. The molecule has 0 aromatic heterocycles. The predicted molar refractivity (Wildman–Crippen MR) is 79.3 cm³/mol. The van der Waals surface area contributed by atoms with Crippen LogP contribution >= 0.6 is 27.5 Å². The fourth-order valence-electron chi connectivity index (χ4n) is 1.89. The molecule has 0 amide bonds. The Labute approximate surface area is 124 Å². The van der Waals surface area contributed by atoms with Crippen molar-refractivity contribution in [2.45, 2.75) is 12.5 Å². The summed E-state index contributed by atoms with van der Waals surface area (Å²) in [5.41, 5.74) is 4.49. The lowest BCUT2D eigenvalue weighted by molar-refractivity contribution is 0.548. The normalized spacial score (nSPS) is 12.4. The summed E-state index contributed by atoms with van der Waals surface area (Å²) in [6, 6.07) is 12.5. The predicted octanol–water partition coefficient (Wildman–Crippen LogP) is 3.99. The van der Waals surface area contributed by atoms with Crippen LogP contribution in [0.5, 0.6) is 0 Å². The molecule has 0 spiro atoms. The maximum absolute atomic E-state index is 13.4. The van der Waals surface area contributed by atoms with Crippen LogP contribution in [0.4, 0.5) is 4.39 Å². The van der Waals surface area contributed by atoms with E-state index < -0.39 is 5.82 Å². The number of hydrogen-bond donors (Lipinski definition) is 2. The van der Waals surface area contributed by atoms with Crippen molar-refractivity contribution in [1.82, 2.24) is 5.43 Å². The Kier molecular flexibility index (Phi) is 4.93. The maximum Gasteiger partial charge on any atom is 0.142 e. The molecule has 2 aromatic rings. The summed E-state index contributed by atoms with van der Waals surface area (Å²) in [5.74, 6) is 5.17. The van der Waals surface area contributed by atoms with Crippen LogP contribution in [0.2, 0.25) is 5.02 Å². The highest BCUT2D eigenvalue weighted by atomic mass is 79.9. The Morgan fingerprint density at radius 1 is 1.21 bits per heavy atom. The molecule has 0 aliphatic carbocycles. The number of hydrazine groups is 1. The Bertz CT molecular complexity index is 560. The fraction of sp³-hybridized carbons (Fsp3) is 0.143. The minimum Gasteiger partial charge on any atom is -0.271 e. The highest BCUT2D eigenvalue weighted by Crippen LogP contribution is 2.26. The molecule has 3 N–H and O–H groups in total. The molecule has 5 heteroatoms. The first-order valence-corrected chi connectivity index (χ1v) is 6.93. The van der Waals surface area contributed by atoms with Crippen LogP contribution in [-0.4, -0.2) is 0 Å². The Hall–Kier alpha value is -0.940. The molecule has 0 bridgehead atoms. The van der Waals surface area contributed by atoms with Gasteiger partial charge in [0.2, 0.25) is 0 Å². The summed E-state index contributed by atoms with van der Waals surface area (Å²) in [6.07, 6.45) is 0.523. The van der Waals surface area contributed by atoms with Crippen molar-refractivity contribution >= 4 is 27.5 Å². The molecule has 2 nitrogen and oxygen atoms in total. The van der Waals surface area contributed by atoms with E-state index in [0.29, 0.717) is 6.42 Å². The second kappa shape index (κ2) is 6.48. The van der Waals surface area contributed by atoms with Gasteiger partial charge in [-0.2, -0.15) is 0 Å². The van der Waals surface area contributed by atoms with Gasteiger partial charge in [-0.05, 0) is 35.7 Å². The highest BCUT2D eigenvalue weighted by Gasteiger charge is 2.14. The highest BCUT2D eigenvalue weighted by molar-refractivity contribution is 9.10. The lowest BCUT2D eigenvalue weighted by atomic mass is 9.99. The van der Waals surface area contributed by atoms with Crippen LogP contribution in [0.1, 0.15) is 17.2 Å². The average molecular weight is 344 g/mol. The molecule has 0 aliphatic heterocycles. The van der Waals surface area contributed by atoms with Crippen molar-refractivity contribution in [1.29, 1.82) is 0 Å². The molecule has 0 saturated carbocycles. The summed E-state index contributed by atoms with van der Waals surface area (Å²) < 4.78 is 14.4. The van der Waals surface area contributed by atoms with E-state index in [0.717, 1.165) is 15.6 Å². The summed E-state index contributed by atoms with van der Waals surface area (Å²) in [5, 5.41) is 0.153. The van der Waals surface area contributed by atoms with E-state index in [2.05, 4.69) is 21.4 Å². The lowest BCUT2D eigenvalue weighted by Crippen LogP contribution is -2.29. The van der Waals surface area contributed by atoms with Crippen molar-refractivity contribution in [2.24, 2.45) is 5.84 Å². The van der Waals surface area contributed by atoms with Crippen LogP contribution in [0.25, 0.3) is 0 Å². The topological polar surface area (TPSA) is 38.0 Å². The number of halogens is 3. The first-order chi connectivity index (χ1) is 9.11. The zero-order valence-corrected chi connectivity index (χ0v) is 12.4. The second-order valence-electron chi connectivity index (χ2n) is 4.19. The minimum atomic E-state index is -0.411. The molecule has 1 unspecified atom stereocenters. The molecule has 0 aliphatic rings. The van der Waals surface area contributed by atoms with E-state index in [1.807, 2.05) is 24.3 Å². The number of hydrogen-bond acceptors (Lipinski definition) is 2. The van der Waals surface area contributed by atoms with Gasteiger partial charge in [-0.15, -0.1) is 0 Å². The molecule has 0 fully saturated rings. The van der Waals surface area contributed by atoms with Gasteiger partial charge in [-0.1, -0.05) is 51.8 Å². The first kappa shape index (κ1) is 14.5. The molecule has 2 rings (SSSR count). The molecule has 0 heterocycles. The van der Waals surface area contributed by atoms with Gasteiger partial charge < -0.3 is 0 Å². The standard InChI is InChI=1S/C14H13BrClFN2/c15-11-6-4-9(5-7-11)13(19-18)8-10-2-1-3-12(17)14(10)16/h1-7,13,19H,8,18H2. The molecule has 0 saturated heterocycles. The van der Waals surface area contributed by atoms with Crippen molar-refractivity contribution < 1.29 is 4.39 Å². The van der Waals surface area contributed by atoms with E-state index in [4.69, 9.17) is 17.4 Å². The van der Waals surface area contributed by atoms with Crippen LogP contribution in [0.15, 0.2) is 46.9 Å². The molecule has 0 radical (unpaired) electrons. The summed E-state index contributed by atoms with van der Waals surface area (Å²) in [7, 11) is 0. The Balaban J connectivity index is 2.24. The van der Waals surface area contributed by atoms with Crippen molar-refractivity contribution in [3.05, 3.63) is 68.9 Å². The Morgan fingerprint density at radius 2 is 1.89 bits per heavy atom. The van der Waals surface area contributed by atoms with Gasteiger partial charge in [0.15, 0.2) is 0 Å². The van der Waals surface area contributed by atoms with Crippen LogP contribution in [0.3, 0.4) is 0 Å². The summed E-state index contributed by atoms with van der Waals surface area (Å²) in [4.78, 5) is 0. The molecule has 1 atom stereocenters. The van der Waals surface area contributed by atoms with Crippen molar-refractivity contribution in [3.63, 3.8) is 0 Å². The van der Waals surface area contributed by atoms with Crippen LogP contribution in [-0.2, 0) is 6.42 Å². The van der Waals surface area contributed by atoms with Gasteiger partial charge in [-0.25, -0.2) is 4.39 Å². The van der Waals surface area contributed by atoms with E-state index in [1.54, 1.807) is 12.1 Å². The van der Waals surface area contributed by atoms with Gasteiger partial charge in [0, 0.05) is 4.47 Å². The SMILES string of the molecule is NNC(Cc1cccc(F)c1Cl)c1ccc(Br)cc1. The molecule has 100 valence electrons. The third kappa shape index (κ3) is 3.54. The number of nitrogens with two attached hydrogens (primary N) is 1. The zero-order valence-electron chi connectivity index (χ0n) is 10.0. The summed E-state index contributed by atoms with van der Waals surface area (Å²) >= 11 is 9.34. The van der Waals surface area contributed by atoms with Crippen molar-refractivity contribution in [3.8, 4) is 0 Å². The quantitative estimate of drug-likeness (QED) is 0.651. The maximum atomic E-state index is 13.4. The van der Waals surface area contributed by atoms with Crippen LogP contribution < -0.4 is 11.3 Å². The van der Waals surface area contributed by atoms with E-state index in [1.165, 1.54) is 6.07 Å². The third-order valence-electron chi connectivity index (χ3n) is 2.93. The molecule has 2 aromatic carbocycles. The largest absolute Gasteiger partial charge is 0.271 e. The minimum absolute atomic E-state index is 0.118.